The van der Waals surface area contributed by atoms with Gasteiger partial charge in [-0.1, -0.05) is 12.1 Å². The summed E-state index contributed by atoms with van der Waals surface area (Å²) in [4.78, 5) is 34.5. The predicted octanol–water partition coefficient (Wildman–Crippen LogP) is 4.55. The van der Waals surface area contributed by atoms with Crippen LogP contribution in [0.4, 0.5) is 5.69 Å². The second-order valence-corrected chi connectivity index (χ2v) is 9.27. The summed E-state index contributed by atoms with van der Waals surface area (Å²) in [5, 5.41) is 0.595. The molecule has 2 aliphatic heterocycles. The molecular weight excluding hydrogens is 506 g/mol. The molecule has 0 radical (unpaired) electrons. The molecule has 2 fully saturated rings. The van der Waals surface area contributed by atoms with Crippen LogP contribution in [0.2, 0.25) is 0 Å². The highest BCUT2D eigenvalue weighted by atomic mass is 79.9. The van der Waals surface area contributed by atoms with Crippen molar-refractivity contribution in [2.75, 3.05) is 40.0 Å². The highest BCUT2D eigenvalue weighted by molar-refractivity contribution is 9.10. The minimum Gasteiger partial charge on any atom is -0.496 e. The van der Waals surface area contributed by atoms with Crippen LogP contribution >= 0.6 is 27.7 Å². The predicted molar refractivity (Wildman–Crippen MR) is 134 cm³/mol. The van der Waals surface area contributed by atoms with Gasteiger partial charge in [-0.05, 0) is 76.6 Å². The zero-order chi connectivity index (χ0) is 23.4. The zero-order valence-corrected chi connectivity index (χ0v) is 20.8. The Bertz CT molecular complexity index is 1130. The van der Waals surface area contributed by atoms with Crippen LogP contribution in [-0.2, 0) is 9.53 Å². The third kappa shape index (κ3) is 5.31. The molecule has 2 saturated heterocycles. The van der Waals surface area contributed by atoms with Crippen LogP contribution < -0.4 is 4.74 Å². The Morgan fingerprint density at radius 3 is 2.73 bits per heavy atom. The van der Waals surface area contributed by atoms with Crippen LogP contribution in [0.5, 0.6) is 5.75 Å². The summed E-state index contributed by atoms with van der Waals surface area (Å²) in [6.45, 7) is 4.69. The number of morpholine rings is 1. The Hall–Kier alpha value is -2.62. The van der Waals surface area contributed by atoms with Crippen molar-refractivity contribution in [3.8, 4) is 5.75 Å². The SMILES string of the molecule is CCN1C(=O)/C(=C\c2ccc(OC)c(Br)c2)SC1=Nc1cccc(C(=O)N2CCOCC2)c1. The third-order valence-corrected chi connectivity index (χ3v) is 6.92. The van der Waals surface area contributed by atoms with Gasteiger partial charge >= 0.3 is 0 Å². The number of benzene rings is 2. The summed E-state index contributed by atoms with van der Waals surface area (Å²) in [5.41, 5.74) is 2.10. The lowest BCUT2D eigenvalue weighted by Gasteiger charge is -2.26. The first-order valence-corrected chi connectivity index (χ1v) is 12.2. The summed E-state index contributed by atoms with van der Waals surface area (Å²) in [7, 11) is 1.61. The normalized spacial score (nSPS) is 18.9. The van der Waals surface area contributed by atoms with Crippen molar-refractivity contribution in [3.05, 3.63) is 63.0 Å². The number of carbonyl (C=O) groups is 2. The summed E-state index contributed by atoms with van der Waals surface area (Å²) >= 11 is 4.81. The lowest BCUT2D eigenvalue weighted by atomic mass is 10.1. The highest BCUT2D eigenvalue weighted by Gasteiger charge is 2.32. The van der Waals surface area contributed by atoms with Crippen LogP contribution in [0, 0.1) is 0 Å². The molecule has 0 aromatic heterocycles. The van der Waals surface area contributed by atoms with Gasteiger partial charge < -0.3 is 14.4 Å². The summed E-state index contributed by atoms with van der Waals surface area (Å²) < 4.78 is 11.4. The fraction of sp³-hybridized carbons (Fsp3) is 0.292. The number of likely N-dealkylation sites (N-methyl/N-ethyl adjacent to an activating group) is 1. The molecule has 2 aromatic rings. The van der Waals surface area contributed by atoms with E-state index in [1.807, 2.05) is 43.3 Å². The molecule has 2 amide bonds. The van der Waals surface area contributed by atoms with Crippen LogP contribution in [0.3, 0.4) is 0 Å². The second kappa shape index (κ2) is 10.5. The molecule has 0 atom stereocenters. The van der Waals surface area contributed by atoms with Gasteiger partial charge in [0.05, 0.1) is 35.4 Å². The number of nitrogens with zero attached hydrogens (tertiary/aromatic N) is 3. The Labute approximate surface area is 205 Å². The first-order valence-electron chi connectivity index (χ1n) is 10.6. The fourth-order valence-corrected chi connectivity index (χ4v) is 5.18. The van der Waals surface area contributed by atoms with Gasteiger partial charge in [0, 0.05) is 25.2 Å². The molecule has 9 heteroatoms. The second-order valence-electron chi connectivity index (χ2n) is 7.40. The average Bonchev–Trinajstić information content (AvgIpc) is 3.13. The van der Waals surface area contributed by atoms with Crippen molar-refractivity contribution in [2.45, 2.75) is 6.92 Å². The molecular formula is C24H24BrN3O4S. The van der Waals surface area contributed by atoms with E-state index in [-0.39, 0.29) is 11.8 Å². The van der Waals surface area contributed by atoms with Gasteiger partial charge in [0.15, 0.2) is 5.17 Å². The first kappa shape index (κ1) is 23.5. The van der Waals surface area contributed by atoms with Crippen molar-refractivity contribution in [2.24, 2.45) is 4.99 Å². The van der Waals surface area contributed by atoms with E-state index in [0.717, 1.165) is 15.8 Å². The van der Waals surface area contributed by atoms with Crippen LogP contribution in [-0.4, -0.2) is 66.7 Å². The van der Waals surface area contributed by atoms with Crippen LogP contribution in [0.1, 0.15) is 22.8 Å². The Balaban J connectivity index is 1.58. The van der Waals surface area contributed by atoms with Crippen molar-refractivity contribution in [1.29, 1.82) is 0 Å². The van der Waals surface area contributed by atoms with Crippen molar-refractivity contribution in [1.82, 2.24) is 9.80 Å². The van der Waals surface area contributed by atoms with Gasteiger partial charge in [0.25, 0.3) is 11.8 Å². The van der Waals surface area contributed by atoms with Crippen molar-refractivity contribution < 1.29 is 19.1 Å². The summed E-state index contributed by atoms with van der Waals surface area (Å²) in [6, 6.07) is 12.9. The summed E-state index contributed by atoms with van der Waals surface area (Å²) in [6.07, 6.45) is 1.85. The number of carbonyl (C=O) groups excluding carboxylic acids is 2. The summed E-state index contributed by atoms with van der Waals surface area (Å²) in [5.74, 6) is 0.605. The molecule has 0 spiro atoms. The maximum Gasteiger partial charge on any atom is 0.266 e. The van der Waals surface area contributed by atoms with E-state index < -0.39 is 0 Å². The van der Waals surface area contributed by atoms with E-state index in [1.54, 1.807) is 29.0 Å². The first-order chi connectivity index (χ1) is 16.0. The van der Waals surface area contributed by atoms with E-state index in [2.05, 4.69) is 15.9 Å². The monoisotopic (exact) mass is 529 g/mol. The molecule has 2 aromatic carbocycles. The maximum absolute atomic E-state index is 13.0. The largest absolute Gasteiger partial charge is 0.496 e. The molecule has 7 nitrogen and oxygen atoms in total. The molecule has 4 rings (SSSR count). The molecule has 172 valence electrons. The number of hydrogen-bond donors (Lipinski definition) is 0. The lowest BCUT2D eigenvalue weighted by molar-refractivity contribution is -0.122. The Morgan fingerprint density at radius 2 is 2.03 bits per heavy atom. The van der Waals surface area contributed by atoms with Crippen LogP contribution in [0.15, 0.2) is 56.8 Å². The number of halogens is 1. The van der Waals surface area contributed by atoms with Gasteiger partial charge in [-0.3, -0.25) is 14.5 Å². The molecule has 0 unspecified atom stereocenters. The molecule has 2 aliphatic rings. The number of thioether (sulfide) groups is 1. The number of amidine groups is 1. The zero-order valence-electron chi connectivity index (χ0n) is 18.4. The standard InChI is InChI=1S/C24H24BrN3O4S/c1-3-28-23(30)21(14-16-7-8-20(31-2)19(25)13-16)33-24(28)26-18-6-4-5-17(15-18)22(29)27-9-11-32-12-10-27/h4-8,13-15H,3,9-12H2,1-2H3/b21-14+,26-24?. The fourth-order valence-electron chi connectivity index (χ4n) is 3.56. The number of amides is 2. The molecule has 0 N–H and O–H groups in total. The van der Waals surface area contributed by atoms with Crippen LogP contribution in [0.25, 0.3) is 6.08 Å². The molecule has 0 saturated carbocycles. The van der Waals surface area contributed by atoms with E-state index in [9.17, 15) is 9.59 Å². The smallest absolute Gasteiger partial charge is 0.266 e. The molecule has 0 aliphatic carbocycles. The Morgan fingerprint density at radius 1 is 1.24 bits per heavy atom. The number of rotatable bonds is 5. The number of ether oxygens (including phenoxy) is 2. The highest BCUT2D eigenvalue weighted by Crippen LogP contribution is 2.35. The van der Waals surface area contributed by atoms with Gasteiger partial charge in [0.1, 0.15) is 5.75 Å². The van der Waals surface area contributed by atoms with E-state index >= 15 is 0 Å². The Kier molecular flexibility index (Phi) is 7.52. The van der Waals surface area contributed by atoms with Crippen molar-refractivity contribution in [3.63, 3.8) is 0 Å². The van der Waals surface area contributed by atoms with Gasteiger partial charge in [0.2, 0.25) is 0 Å². The number of aliphatic imine (C=N–C) groups is 1. The van der Waals surface area contributed by atoms with Gasteiger partial charge in [-0.2, -0.15) is 0 Å². The van der Waals surface area contributed by atoms with E-state index in [0.29, 0.717) is 54.2 Å². The van der Waals surface area contributed by atoms with Crippen molar-refractivity contribution >= 4 is 56.4 Å². The minimum absolute atomic E-state index is 0.0338. The molecule has 2 heterocycles. The minimum atomic E-state index is -0.0891. The van der Waals surface area contributed by atoms with E-state index in [4.69, 9.17) is 14.5 Å². The molecule has 0 bridgehead atoms. The number of hydrogen-bond acceptors (Lipinski definition) is 6. The van der Waals surface area contributed by atoms with E-state index in [1.165, 1.54) is 11.8 Å². The third-order valence-electron chi connectivity index (χ3n) is 5.29. The lowest BCUT2D eigenvalue weighted by Crippen LogP contribution is -2.40. The average molecular weight is 530 g/mol. The molecule has 33 heavy (non-hydrogen) atoms. The maximum atomic E-state index is 13.0. The quantitative estimate of drug-likeness (QED) is 0.531. The number of methoxy groups -OCH3 is 1. The van der Waals surface area contributed by atoms with Gasteiger partial charge in [-0.25, -0.2) is 4.99 Å². The topological polar surface area (TPSA) is 71.4 Å². The van der Waals surface area contributed by atoms with Gasteiger partial charge in [-0.15, -0.1) is 0 Å².